The standard InChI is InChI=1S/C5H9NO.C4H11N.C2H6O4S/c1-4(2)5(7)6-3;1-4-5(2)3;1-2-6-7(3,4)5/h1H2,2-3H3,(H,6,7);4H2,1-3H3;2H2,1H3,(H,3,4,5). The number of nitrogens with zero attached hydrogens (tertiary/aromatic N) is 1. The summed E-state index contributed by atoms with van der Waals surface area (Å²) in [5, 5.41) is 2.43. The zero-order valence-electron chi connectivity index (χ0n) is 12.6. The van der Waals surface area contributed by atoms with Crippen LogP contribution in [0.2, 0.25) is 0 Å². The minimum Gasteiger partial charge on any atom is -0.355 e. The lowest BCUT2D eigenvalue weighted by molar-refractivity contribution is -0.116. The van der Waals surface area contributed by atoms with Crippen LogP contribution in [-0.2, 0) is 19.4 Å². The Morgan fingerprint density at radius 1 is 1.37 bits per heavy atom. The van der Waals surface area contributed by atoms with Crippen LogP contribution in [0.1, 0.15) is 20.8 Å². The molecule has 0 spiro atoms. The lowest BCUT2D eigenvalue weighted by Gasteiger charge is -2.00. The Morgan fingerprint density at radius 3 is 1.74 bits per heavy atom. The number of amides is 1. The van der Waals surface area contributed by atoms with Gasteiger partial charge in [-0.1, -0.05) is 13.5 Å². The monoisotopic (exact) mass is 298 g/mol. The van der Waals surface area contributed by atoms with Crippen LogP contribution in [0, 0.1) is 0 Å². The molecule has 116 valence electrons. The number of rotatable bonds is 4. The van der Waals surface area contributed by atoms with Crippen LogP contribution in [0.3, 0.4) is 0 Å². The van der Waals surface area contributed by atoms with Gasteiger partial charge in [-0.05, 0) is 34.5 Å². The number of carbonyl (C=O) groups excluding carboxylic acids is 1. The zero-order valence-corrected chi connectivity index (χ0v) is 13.4. The van der Waals surface area contributed by atoms with E-state index in [1.807, 2.05) is 0 Å². The van der Waals surface area contributed by atoms with Gasteiger partial charge in [0.1, 0.15) is 0 Å². The van der Waals surface area contributed by atoms with Crippen molar-refractivity contribution < 1.29 is 21.9 Å². The van der Waals surface area contributed by atoms with E-state index in [0.717, 1.165) is 6.54 Å². The van der Waals surface area contributed by atoms with Crippen LogP contribution < -0.4 is 5.32 Å². The summed E-state index contributed by atoms with van der Waals surface area (Å²) < 4.78 is 30.7. The molecule has 0 aromatic heterocycles. The second kappa shape index (κ2) is 13.5. The van der Waals surface area contributed by atoms with Gasteiger partial charge in [0, 0.05) is 12.6 Å². The van der Waals surface area contributed by atoms with Gasteiger partial charge in [0.25, 0.3) is 0 Å². The molecule has 0 aromatic carbocycles. The Balaban J connectivity index is -0.000000206. The lowest BCUT2D eigenvalue weighted by atomic mass is 10.3. The van der Waals surface area contributed by atoms with Crippen LogP contribution in [0.5, 0.6) is 0 Å². The smallest absolute Gasteiger partial charge is 0.355 e. The molecular formula is C11H26N2O5S. The Bertz CT molecular complexity index is 339. The first-order valence-electron chi connectivity index (χ1n) is 5.65. The van der Waals surface area contributed by atoms with Crippen LogP contribution in [0.15, 0.2) is 12.2 Å². The van der Waals surface area contributed by atoms with Crippen LogP contribution in [-0.4, -0.2) is 58.1 Å². The molecule has 0 fully saturated rings. The molecule has 0 heterocycles. The van der Waals surface area contributed by atoms with Crippen LogP contribution in [0.4, 0.5) is 0 Å². The molecule has 0 rings (SSSR count). The first-order valence-corrected chi connectivity index (χ1v) is 7.02. The number of likely N-dealkylation sites (N-methyl/N-ethyl adjacent to an activating group) is 1. The van der Waals surface area contributed by atoms with Crippen molar-refractivity contribution in [3.8, 4) is 0 Å². The molecule has 0 aromatic rings. The molecular weight excluding hydrogens is 272 g/mol. The van der Waals surface area contributed by atoms with Gasteiger partial charge in [-0.15, -0.1) is 0 Å². The predicted molar refractivity (Wildman–Crippen MR) is 76.3 cm³/mol. The molecule has 0 saturated heterocycles. The third-order valence-electron chi connectivity index (χ3n) is 1.51. The van der Waals surface area contributed by atoms with Gasteiger partial charge in [0.05, 0.1) is 6.61 Å². The third kappa shape index (κ3) is 31.6. The van der Waals surface area contributed by atoms with E-state index in [9.17, 15) is 13.2 Å². The minimum atomic E-state index is -4.17. The highest BCUT2D eigenvalue weighted by Crippen LogP contribution is 1.81. The van der Waals surface area contributed by atoms with Crippen LogP contribution >= 0.6 is 0 Å². The molecule has 0 atom stereocenters. The van der Waals surface area contributed by atoms with Gasteiger partial charge >= 0.3 is 10.4 Å². The average Bonchev–Trinajstić information content (AvgIpc) is 2.27. The summed E-state index contributed by atoms with van der Waals surface area (Å²) in [6.07, 6.45) is 0. The molecule has 0 aliphatic heterocycles. The Labute approximate surface area is 116 Å². The molecule has 0 radical (unpaired) electrons. The first-order chi connectivity index (χ1) is 8.51. The molecule has 7 nitrogen and oxygen atoms in total. The van der Waals surface area contributed by atoms with Crippen molar-refractivity contribution in [1.29, 1.82) is 0 Å². The van der Waals surface area contributed by atoms with Crippen LogP contribution in [0.25, 0.3) is 0 Å². The third-order valence-corrected chi connectivity index (χ3v) is 2.05. The summed E-state index contributed by atoms with van der Waals surface area (Å²) in [4.78, 5) is 12.4. The first kappa shape index (κ1) is 23.2. The molecule has 0 saturated carbocycles. The maximum absolute atomic E-state index is 10.3. The van der Waals surface area contributed by atoms with E-state index in [2.05, 4.69) is 42.0 Å². The van der Waals surface area contributed by atoms with Crippen molar-refractivity contribution in [3.05, 3.63) is 12.2 Å². The number of hydrogen-bond donors (Lipinski definition) is 2. The fraction of sp³-hybridized carbons (Fsp3) is 0.727. The zero-order chi connectivity index (χ0) is 16.1. The second-order valence-corrected chi connectivity index (χ2v) is 4.68. The summed E-state index contributed by atoms with van der Waals surface area (Å²) >= 11 is 0. The molecule has 19 heavy (non-hydrogen) atoms. The topological polar surface area (TPSA) is 95.9 Å². The second-order valence-electron chi connectivity index (χ2n) is 3.59. The van der Waals surface area contributed by atoms with Crippen molar-refractivity contribution in [2.45, 2.75) is 20.8 Å². The normalized spacial score (nSPS) is 9.68. The van der Waals surface area contributed by atoms with Gasteiger partial charge < -0.3 is 10.2 Å². The number of nitrogens with one attached hydrogen (secondary N) is 1. The molecule has 0 aliphatic rings. The van der Waals surface area contributed by atoms with Crippen molar-refractivity contribution in [2.75, 3.05) is 34.3 Å². The van der Waals surface area contributed by atoms with Gasteiger partial charge in [-0.25, -0.2) is 4.18 Å². The van der Waals surface area contributed by atoms with Crippen molar-refractivity contribution in [2.24, 2.45) is 0 Å². The van der Waals surface area contributed by atoms with E-state index in [0.29, 0.717) is 5.57 Å². The van der Waals surface area contributed by atoms with Gasteiger partial charge in [-0.2, -0.15) is 8.42 Å². The Hall–Kier alpha value is -0.960. The summed E-state index contributed by atoms with van der Waals surface area (Å²) in [6, 6.07) is 0. The van der Waals surface area contributed by atoms with E-state index in [1.54, 1.807) is 14.0 Å². The summed E-state index contributed by atoms with van der Waals surface area (Å²) in [7, 11) is 1.52. The van der Waals surface area contributed by atoms with E-state index < -0.39 is 10.4 Å². The average molecular weight is 298 g/mol. The van der Waals surface area contributed by atoms with Gasteiger partial charge in [-0.3, -0.25) is 9.35 Å². The lowest BCUT2D eigenvalue weighted by Crippen LogP contribution is -2.17. The summed E-state index contributed by atoms with van der Waals surface area (Å²) in [6.45, 7) is 9.78. The van der Waals surface area contributed by atoms with E-state index in [1.165, 1.54) is 6.92 Å². The highest BCUT2D eigenvalue weighted by molar-refractivity contribution is 7.80. The van der Waals surface area contributed by atoms with Gasteiger partial charge in [0.15, 0.2) is 0 Å². The minimum absolute atomic E-state index is 0.0289. The molecule has 0 bridgehead atoms. The maximum Gasteiger partial charge on any atom is 0.397 e. The fourth-order valence-electron chi connectivity index (χ4n) is 0.362. The number of carbonyl (C=O) groups is 1. The molecule has 2 N–H and O–H groups in total. The Morgan fingerprint density at radius 2 is 1.74 bits per heavy atom. The van der Waals surface area contributed by atoms with E-state index in [4.69, 9.17) is 4.55 Å². The Kier molecular flexibility index (Phi) is 16.4. The van der Waals surface area contributed by atoms with Crippen molar-refractivity contribution in [3.63, 3.8) is 0 Å². The fourth-order valence-corrected chi connectivity index (χ4v) is 0.660. The largest absolute Gasteiger partial charge is 0.397 e. The summed E-state index contributed by atoms with van der Waals surface area (Å²) in [5.41, 5.74) is 0.544. The van der Waals surface area contributed by atoms with Crippen molar-refractivity contribution >= 4 is 16.3 Å². The quantitative estimate of drug-likeness (QED) is 0.586. The van der Waals surface area contributed by atoms with E-state index in [-0.39, 0.29) is 12.5 Å². The summed E-state index contributed by atoms with van der Waals surface area (Å²) in [5.74, 6) is -0.0972. The number of hydrogen-bond acceptors (Lipinski definition) is 5. The van der Waals surface area contributed by atoms with E-state index >= 15 is 0 Å². The highest BCUT2D eigenvalue weighted by Gasteiger charge is 1.98. The SMILES string of the molecule is C=C(C)C(=O)NC.CCN(C)C.CCOS(=O)(=O)O. The van der Waals surface area contributed by atoms with Crippen molar-refractivity contribution in [1.82, 2.24) is 10.2 Å². The molecule has 0 unspecified atom stereocenters. The predicted octanol–water partition coefficient (Wildman–Crippen LogP) is 0.702. The van der Waals surface area contributed by atoms with Gasteiger partial charge in [0.2, 0.25) is 5.91 Å². The molecule has 0 aliphatic carbocycles. The maximum atomic E-state index is 10.3. The molecule has 8 heteroatoms. The molecule has 1 amide bonds. The highest BCUT2D eigenvalue weighted by atomic mass is 32.3.